The molecule has 5 nitrogen and oxygen atoms in total. The molecule has 2 rings (SSSR count). The molecule has 1 atom stereocenters. The number of hydrogen-bond donors (Lipinski definition) is 1. The number of esters is 1. The number of benzene rings is 1. The summed E-state index contributed by atoms with van der Waals surface area (Å²) >= 11 is 3.48. The van der Waals surface area contributed by atoms with Crippen molar-refractivity contribution in [1.29, 1.82) is 5.26 Å². The van der Waals surface area contributed by atoms with Crippen molar-refractivity contribution in [3.8, 4) is 6.07 Å². The minimum Gasteiger partial charge on any atom is -0.463 e. The molecule has 0 saturated carbocycles. The zero-order valence-corrected chi connectivity index (χ0v) is 14.5. The first-order valence-electron chi connectivity index (χ1n) is 7.27. The van der Waals surface area contributed by atoms with Crippen LogP contribution < -0.4 is 5.73 Å². The molecule has 0 saturated heterocycles. The number of carbonyl (C=O) groups excluding carboxylic acids is 1. The van der Waals surface area contributed by atoms with Gasteiger partial charge < -0.3 is 15.2 Å². The standard InChI is InChI=1S/C17H17BrN2O3/c1-3-13-15(17(21)22-4-2)14(11(9-19)16(20)23-13)10-7-5-6-8-12(10)18/h5-8,14H,3-4,20H2,1-2H3. The highest BCUT2D eigenvalue weighted by Gasteiger charge is 2.37. The fourth-order valence-electron chi connectivity index (χ4n) is 2.53. The predicted molar refractivity (Wildman–Crippen MR) is 88.7 cm³/mol. The van der Waals surface area contributed by atoms with Crippen LogP contribution in [0.25, 0.3) is 0 Å². The maximum atomic E-state index is 12.5. The number of nitrogens with two attached hydrogens (primary N) is 1. The minimum atomic E-state index is -0.613. The first-order chi connectivity index (χ1) is 11.0. The van der Waals surface area contributed by atoms with Gasteiger partial charge in [0.05, 0.1) is 18.1 Å². The molecular weight excluding hydrogens is 360 g/mol. The van der Waals surface area contributed by atoms with Gasteiger partial charge in [-0.25, -0.2) is 4.79 Å². The quantitative estimate of drug-likeness (QED) is 0.812. The van der Waals surface area contributed by atoms with Crippen LogP contribution in [0.5, 0.6) is 0 Å². The van der Waals surface area contributed by atoms with Gasteiger partial charge in [-0.2, -0.15) is 5.26 Å². The molecule has 1 aliphatic rings. The number of ether oxygens (including phenoxy) is 2. The Morgan fingerprint density at radius 3 is 2.70 bits per heavy atom. The summed E-state index contributed by atoms with van der Waals surface area (Å²) in [7, 11) is 0. The molecule has 1 unspecified atom stereocenters. The van der Waals surface area contributed by atoms with E-state index in [0.29, 0.717) is 17.8 Å². The van der Waals surface area contributed by atoms with Crippen LogP contribution in [0.15, 0.2) is 51.5 Å². The Bertz CT molecular complexity index is 732. The third-order valence-electron chi connectivity index (χ3n) is 3.53. The summed E-state index contributed by atoms with van der Waals surface area (Å²) in [6.45, 7) is 3.83. The molecule has 120 valence electrons. The van der Waals surface area contributed by atoms with Gasteiger partial charge in [-0.1, -0.05) is 41.1 Å². The van der Waals surface area contributed by atoms with E-state index >= 15 is 0 Å². The number of nitrogens with zero attached hydrogens (tertiary/aromatic N) is 1. The van der Waals surface area contributed by atoms with E-state index in [2.05, 4.69) is 22.0 Å². The van der Waals surface area contributed by atoms with Crippen molar-refractivity contribution in [2.75, 3.05) is 6.61 Å². The molecule has 1 aromatic carbocycles. The first-order valence-corrected chi connectivity index (χ1v) is 8.06. The van der Waals surface area contributed by atoms with Crippen LogP contribution in [-0.2, 0) is 14.3 Å². The third kappa shape index (κ3) is 3.25. The number of carbonyl (C=O) groups is 1. The summed E-state index contributed by atoms with van der Waals surface area (Å²) in [6, 6.07) is 9.47. The van der Waals surface area contributed by atoms with Crippen molar-refractivity contribution in [1.82, 2.24) is 0 Å². The average molecular weight is 377 g/mol. The maximum Gasteiger partial charge on any atom is 0.338 e. The maximum absolute atomic E-state index is 12.5. The van der Waals surface area contributed by atoms with Gasteiger partial charge in [0.2, 0.25) is 5.88 Å². The second-order valence-corrected chi connectivity index (χ2v) is 5.71. The summed E-state index contributed by atoms with van der Waals surface area (Å²) in [4.78, 5) is 12.5. The molecule has 2 N–H and O–H groups in total. The molecule has 23 heavy (non-hydrogen) atoms. The fraction of sp³-hybridized carbons (Fsp3) is 0.294. The van der Waals surface area contributed by atoms with E-state index < -0.39 is 11.9 Å². The van der Waals surface area contributed by atoms with E-state index in [-0.39, 0.29) is 18.1 Å². The predicted octanol–water partition coefficient (Wildman–Crippen LogP) is 3.48. The van der Waals surface area contributed by atoms with Crippen molar-refractivity contribution < 1.29 is 14.3 Å². The van der Waals surface area contributed by atoms with Crippen LogP contribution in [0.2, 0.25) is 0 Å². The highest BCUT2D eigenvalue weighted by molar-refractivity contribution is 9.10. The lowest BCUT2D eigenvalue weighted by Gasteiger charge is -2.28. The van der Waals surface area contributed by atoms with Gasteiger partial charge in [-0.05, 0) is 18.6 Å². The molecule has 0 bridgehead atoms. The van der Waals surface area contributed by atoms with Gasteiger partial charge in [0.25, 0.3) is 0 Å². The van der Waals surface area contributed by atoms with Crippen molar-refractivity contribution in [2.24, 2.45) is 5.73 Å². The molecule has 1 heterocycles. The van der Waals surface area contributed by atoms with E-state index in [0.717, 1.165) is 10.0 Å². The Hall–Kier alpha value is -2.26. The molecule has 0 aromatic heterocycles. The number of nitriles is 1. The molecule has 0 fully saturated rings. The summed E-state index contributed by atoms with van der Waals surface area (Å²) in [6.07, 6.45) is 0.467. The Labute approximate surface area is 143 Å². The zero-order chi connectivity index (χ0) is 17.0. The van der Waals surface area contributed by atoms with Gasteiger partial charge in [-0.3, -0.25) is 0 Å². The smallest absolute Gasteiger partial charge is 0.338 e. The van der Waals surface area contributed by atoms with Crippen LogP contribution >= 0.6 is 15.9 Å². The molecular formula is C17H17BrN2O3. The second-order valence-electron chi connectivity index (χ2n) is 4.86. The molecule has 6 heteroatoms. The lowest BCUT2D eigenvalue weighted by molar-refractivity contribution is -0.139. The Morgan fingerprint density at radius 1 is 1.43 bits per heavy atom. The molecule has 0 aliphatic carbocycles. The van der Waals surface area contributed by atoms with Gasteiger partial charge in [0, 0.05) is 10.9 Å². The van der Waals surface area contributed by atoms with Crippen molar-refractivity contribution in [2.45, 2.75) is 26.2 Å². The number of rotatable bonds is 4. The van der Waals surface area contributed by atoms with Crippen molar-refractivity contribution >= 4 is 21.9 Å². The Morgan fingerprint density at radius 2 is 2.13 bits per heavy atom. The van der Waals surface area contributed by atoms with Crippen LogP contribution in [0.3, 0.4) is 0 Å². The normalized spacial score (nSPS) is 17.6. The van der Waals surface area contributed by atoms with Crippen molar-refractivity contribution in [3.05, 3.63) is 57.1 Å². The summed E-state index contributed by atoms with van der Waals surface area (Å²) in [5.74, 6) is -0.650. The van der Waals surface area contributed by atoms with E-state index in [1.54, 1.807) is 6.92 Å². The van der Waals surface area contributed by atoms with Gasteiger partial charge >= 0.3 is 5.97 Å². The summed E-state index contributed by atoms with van der Waals surface area (Å²) in [5, 5.41) is 9.51. The Kier molecular flexibility index (Phi) is 5.45. The van der Waals surface area contributed by atoms with E-state index in [9.17, 15) is 10.1 Å². The van der Waals surface area contributed by atoms with E-state index in [4.69, 9.17) is 15.2 Å². The lowest BCUT2D eigenvalue weighted by Crippen LogP contribution is -2.26. The second kappa shape index (κ2) is 7.34. The molecule has 0 spiro atoms. The summed E-state index contributed by atoms with van der Waals surface area (Å²) in [5.41, 5.74) is 7.20. The van der Waals surface area contributed by atoms with Crippen LogP contribution in [0.1, 0.15) is 31.7 Å². The fourth-order valence-corrected chi connectivity index (χ4v) is 3.05. The van der Waals surface area contributed by atoms with Crippen molar-refractivity contribution in [3.63, 3.8) is 0 Å². The minimum absolute atomic E-state index is 0.0261. The van der Waals surface area contributed by atoms with Gasteiger partial charge in [0.1, 0.15) is 17.4 Å². The molecule has 1 aliphatic heterocycles. The SMILES string of the molecule is CCOC(=O)C1=C(CC)OC(N)=C(C#N)C1c1ccccc1Br. The van der Waals surface area contributed by atoms with Crippen LogP contribution in [-0.4, -0.2) is 12.6 Å². The topological polar surface area (TPSA) is 85.3 Å². The molecule has 0 amide bonds. The first kappa shape index (κ1) is 17.1. The van der Waals surface area contributed by atoms with E-state index in [1.165, 1.54) is 0 Å². The average Bonchev–Trinajstić information content (AvgIpc) is 2.54. The summed E-state index contributed by atoms with van der Waals surface area (Å²) < 4.78 is 11.5. The van der Waals surface area contributed by atoms with Crippen LogP contribution in [0.4, 0.5) is 0 Å². The van der Waals surface area contributed by atoms with Gasteiger partial charge in [-0.15, -0.1) is 0 Å². The number of hydrogen-bond acceptors (Lipinski definition) is 5. The highest BCUT2D eigenvalue weighted by Crippen LogP contribution is 2.42. The van der Waals surface area contributed by atoms with Crippen LogP contribution in [0, 0.1) is 11.3 Å². The third-order valence-corrected chi connectivity index (χ3v) is 4.25. The molecule has 0 radical (unpaired) electrons. The lowest BCUT2D eigenvalue weighted by atomic mass is 9.82. The number of halogens is 1. The molecule has 1 aromatic rings. The zero-order valence-electron chi connectivity index (χ0n) is 12.9. The van der Waals surface area contributed by atoms with E-state index in [1.807, 2.05) is 31.2 Å². The van der Waals surface area contributed by atoms with Gasteiger partial charge in [0.15, 0.2) is 0 Å². The Balaban J connectivity index is 2.69. The number of allylic oxidation sites excluding steroid dienone is 2. The largest absolute Gasteiger partial charge is 0.463 e. The monoisotopic (exact) mass is 376 g/mol. The highest BCUT2D eigenvalue weighted by atomic mass is 79.9.